The normalized spacial score (nSPS) is 11.1. The van der Waals surface area contributed by atoms with Crippen LogP contribution in [0.1, 0.15) is 11.1 Å². The summed E-state index contributed by atoms with van der Waals surface area (Å²) in [6.07, 6.45) is -4.71. The molecule has 0 heterocycles. The van der Waals surface area contributed by atoms with E-state index in [2.05, 4.69) is 0 Å². The van der Waals surface area contributed by atoms with E-state index in [1.807, 2.05) is 0 Å². The Hall–Kier alpha value is -1.28. The Morgan fingerprint density at radius 3 is 2.29 bits per heavy atom. The molecule has 0 aromatic heterocycles. The summed E-state index contributed by atoms with van der Waals surface area (Å²) in [5, 5.41) is 7.58. The van der Waals surface area contributed by atoms with Crippen LogP contribution < -0.4 is 0 Å². The van der Waals surface area contributed by atoms with Gasteiger partial charge < -0.3 is 0 Å². The second-order valence-electron chi connectivity index (χ2n) is 2.39. The fourth-order valence-electron chi connectivity index (χ4n) is 0.896. The highest BCUT2D eigenvalue weighted by Gasteiger charge is 2.35. The maximum Gasteiger partial charge on any atom is 0.417 e. The molecule has 0 bridgehead atoms. The van der Waals surface area contributed by atoms with Crippen LogP contribution in [-0.4, -0.2) is 0 Å². The first kappa shape index (κ1) is 10.8. The molecule has 6 heteroatoms. The van der Waals surface area contributed by atoms with Crippen LogP contribution in [0.5, 0.6) is 0 Å². The molecule has 0 atom stereocenters. The van der Waals surface area contributed by atoms with Crippen molar-refractivity contribution in [3.05, 3.63) is 34.1 Å². The van der Waals surface area contributed by atoms with E-state index >= 15 is 0 Å². The zero-order valence-corrected chi connectivity index (χ0v) is 7.25. The van der Waals surface area contributed by atoms with Crippen molar-refractivity contribution < 1.29 is 17.6 Å². The molecule has 0 fully saturated rings. The molecule has 0 saturated carbocycles. The van der Waals surface area contributed by atoms with Gasteiger partial charge >= 0.3 is 6.18 Å². The second-order valence-corrected chi connectivity index (χ2v) is 2.77. The molecule has 74 valence electrons. The fraction of sp³-hybridized carbons (Fsp3) is 0.125. The lowest BCUT2D eigenvalue weighted by atomic mass is 10.1. The van der Waals surface area contributed by atoms with Crippen LogP contribution >= 0.6 is 11.6 Å². The van der Waals surface area contributed by atoms with Gasteiger partial charge in [-0.3, -0.25) is 0 Å². The average molecular weight is 224 g/mol. The number of hydrogen-bond donors (Lipinski definition) is 0. The van der Waals surface area contributed by atoms with Crippen LogP contribution in [0.25, 0.3) is 0 Å². The number of halogens is 5. The number of rotatable bonds is 0. The van der Waals surface area contributed by atoms with Crippen LogP contribution in [0.4, 0.5) is 17.6 Å². The van der Waals surface area contributed by atoms with Gasteiger partial charge in [-0.15, -0.1) is 0 Å². The summed E-state index contributed by atoms with van der Waals surface area (Å²) in [5.41, 5.74) is -2.12. The van der Waals surface area contributed by atoms with Gasteiger partial charge in [-0.25, -0.2) is 4.39 Å². The molecule has 0 amide bonds. The summed E-state index contributed by atoms with van der Waals surface area (Å²) in [4.78, 5) is 0. The lowest BCUT2D eigenvalue weighted by molar-refractivity contribution is -0.137. The van der Waals surface area contributed by atoms with E-state index < -0.39 is 28.1 Å². The van der Waals surface area contributed by atoms with Gasteiger partial charge in [0, 0.05) is 0 Å². The van der Waals surface area contributed by atoms with Gasteiger partial charge in [0.25, 0.3) is 0 Å². The molecule has 0 unspecified atom stereocenters. The smallest absolute Gasteiger partial charge is 0.205 e. The number of alkyl halides is 3. The van der Waals surface area contributed by atoms with Crippen LogP contribution in [0.15, 0.2) is 12.1 Å². The fourth-order valence-corrected chi connectivity index (χ4v) is 1.10. The van der Waals surface area contributed by atoms with Gasteiger partial charge in [0.2, 0.25) is 0 Å². The summed E-state index contributed by atoms with van der Waals surface area (Å²) in [5.74, 6) is -1.05. The molecule has 0 aliphatic rings. The van der Waals surface area contributed by atoms with Crippen LogP contribution in [-0.2, 0) is 6.18 Å². The molecule has 0 saturated heterocycles. The summed E-state index contributed by atoms with van der Waals surface area (Å²) < 4.78 is 49.3. The Morgan fingerprint density at radius 1 is 1.29 bits per heavy atom. The monoisotopic (exact) mass is 223 g/mol. The largest absolute Gasteiger partial charge is 0.417 e. The van der Waals surface area contributed by atoms with Crippen molar-refractivity contribution in [2.45, 2.75) is 6.18 Å². The molecule has 0 aliphatic heterocycles. The zero-order valence-electron chi connectivity index (χ0n) is 6.49. The molecule has 1 aromatic rings. The van der Waals surface area contributed by atoms with Gasteiger partial charge in [0.05, 0.1) is 16.1 Å². The lowest BCUT2D eigenvalue weighted by Gasteiger charge is -2.09. The maximum absolute atomic E-state index is 12.7. The number of nitriles is 1. The Kier molecular flexibility index (Phi) is 2.67. The van der Waals surface area contributed by atoms with E-state index in [1.54, 1.807) is 0 Å². The first-order valence-corrected chi connectivity index (χ1v) is 3.71. The van der Waals surface area contributed by atoms with Crippen molar-refractivity contribution in [1.82, 2.24) is 0 Å². The topological polar surface area (TPSA) is 23.8 Å². The minimum atomic E-state index is -4.71. The average Bonchev–Trinajstić information content (AvgIpc) is 2.07. The molecule has 0 aliphatic carbocycles. The van der Waals surface area contributed by atoms with Gasteiger partial charge in [-0.1, -0.05) is 11.6 Å². The van der Waals surface area contributed by atoms with Crippen molar-refractivity contribution in [3.8, 4) is 6.07 Å². The molecule has 0 radical (unpaired) electrons. The first-order valence-electron chi connectivity index (χ1n) is 3.33. The zero-order chi connectivity index (χ0) is 10.9. The maximum atomic E-state index is 12.7. The Bertz CT molecular complexity index is 405. The van der Waals surface area contributed by atoms with Crippen molar-refractivity contribution in [2.75, 3.05) is 0 Å². The first-order chi connectivity index (χ1) is 6.38. The molecule has 14 heavy (non-hydrogen) atoms. The van der Waals surface area contributed by atoms with E-state index in [4.69, 9.17) is 16.9 Å². The highest BCUT2D eigenvalue weighted by Crippen LogP contribution is 2.35. The van der Waals surface area contributed by atoms with E-state index in [9.17, 15) is 17.6 Å². The Balaban J connectivity index is 3.49. The van der Waals surface area contributed by atoms with Crippen molar-refractivity contribution in [2.24, 2.45) is 0 Å². The second kappa shape index (κ2) is 3.46. The molecule has 1 nitrogen and oxygen atoms in total. The Labute approximate surface area is 81.5 Å². The predicted molar refractivity (Wildman–Crippen MR) is 41.1 cm³/mol. The molecule has 1 aromatic carbocycles. The van der Waals surface area contributed by atoms with Gasteiger partial charge in [0.1, 0.15) is 11.9 Å². The number of nitrogens with zero attached hydrogens (tertiary/aromatic N) is 1. The van der Waals surface area contributed by atoms with Gasteiger partial charge in [0.15, 0.2) is 0 Å². The molecule has 1 rings (SSSR count). The predicted octanol–water partition coefficient (Wildman–Crippen LogP) is 3.37. The molecular formula is C8H2ClF4N. The van der Waals surface area contributed by atoms with Gasteiger partial charge in [-0.05, 0) is 12.1 Å². The van der Waals surface area contributed by atoms with Crippen molar-refractivity contribution >= 4 is 11.6 Å². The highest BCUT2D eigenvalue weighted by atomic mass is 35.5. The SMILES string of the molecule is N#Cc1c(C(F)(F)F)ccc(F)c1Cl. The number of benzene rings is 1. The van der Waals surface area contributed by atoms with E-state index in [1.165, 1.54) is 6.07 Å². The lowest BCUT2D eigenvalue weighted by Crippen LogP contribution is -2.08. The van der Waals surface area contributed by atoms with Crippen molar-refractivity contribution in [1.29, 1.82) is 5.26 Å². The minimum absolute atomic E-state index is 0.486. The summed E-state index contributed by atoms with van der Waals surface area (Å²) in [6, 6.07) is 2.28. The quantitative estimate of drug-likeness (QED) is 0.619. The van der Waals surface area contributed by atoms with Gasteiger partial charge in [-0.2, -0.15) is 18.4 Å². The summed E-state index contributed by atoms with van der Waals surface area (Å²) >= 11 is 5.21. The third-order valence-electron chi connectivity index (χ3n) is 1.51. The minimum Gasteiger partial charge on any atom is -0.205 e. The standard InChI is InChI=1S/C8H2ClF4N/c9-7-4(3-14)5(8(11,12)13)1-2-6(7)10/h1-2H. The summed E-state index contributed by atoms with van der Waals surface area (Å²) in [6.45, 7) is 0. The molecule has 0 spiro atoms. The van der Waals surface area contributed by atoms with Crippen LogP contribution in [0.3, 0.4) is 0 Å². The summed E-state index contributed by atoms with van der Waals surface area (Å²) in [7, 11) is 0. The van der Waals surface area contributed by atoms with Crippen LogP contribution in [0, 0.1) is 17.1 Å². The van der Waals surface area contributed by atoms with Crippen LogP contribution in [0.2, 0.25) is 5.02 Å². The van der Waals surface area contributed by atoms with E-state index in [-0.39, 0.29) is 0 Å². The third kappa shape index (κ3) is 1.80. The number of hydrogen-bond acceptors (Lipinski definition) is 1. The molecular weight excluding hydrogens is 222 g/mol. The van der Waals surface area contributed by atoms with E-state index in [0.717, 1.165) is 0 Å². The highest BCUT2D eigenvalue weighted by molar-refractivity contribution is 6.32. The van der Waals surface area contributed by atoms with E-state index in [0.29, 0.717) is 12.1 Å². The third-order valence-corrected chi connectivity index (χ3v) is 1.88. The van der Waals surface area contributed by atoms with Crippen molar-refractivity contribution in [3.63, 3.8) is 0 Å². The molecule has 0 N–H and O–H groups in total. The Morgan fingerprint density at radius 2 is 1.86 bits per heavy atom.